The second-order valence-corrected chi connectivity index (χ2v) is 14.6. The van der Waals surface area contributed by atoms with Gasteiger partial charge in [0, 0.05) is 29.4 Å². The number of primary amides is 1. The van der Waals surface area contributed by atoms with E-state index in [0.29, 0.717) is 52.7 Å². The monoisotopic (exact) mass is 753 g/mol. The Morgan fingerprint density at radius 3 is 2.28 bits per heavy atom. The van der Waals surface area contributed by atoms with Crippen LogP contribution in [-0.2, 0) is 31.9 Å². The number of nitriles is 1. The number of benzene rings is 2. The summed E-state index contributed by atoms with van der Waals surface area (Å²) in [6, 6.07) is 18.5. The fraction of sp³-hybridized carbons (Fsp3) is 0.297. The minimum Gasteiger partial charge on any atom is -0.370 e. The number of nitrogens with zero attached hydrogens (tertiary/aromatic N) is 5. The van der Waals surface area contributed by atoms with Crippen molar-refractivity contribution < 1.29 is 24.0 Å². The lowest BCUT2D eigenvalue weighted by Gasteiger charge is -2.27. The number of nitrogens with two attached hydrogens (primary N) is 1. The Labute approximate surface area is 313 Å². The van der Waals surface area contributed by atoms with Crippen LogP contribution in [0.15, 0.2) is 66.9 Å². The quantitative estimate of drug-likeness (QED) is 0.167. The van der Waals surface area contributed by atoms with Gasteiger partial charge in [-0.1, -0.05) is 41.4 Å². The van der Waals surface area contributed by atoms with Gasteiger partial charge in [0.15, 0.2) is 0 Å². The molecular weight excluding hydrogens is 721 g/mol. The SMILES string of the molecule is C[C@@]1(Cc2ccc(C#N)cc2)C(=O)N(c2cc(Cl)cc(Cl)c2)c2ncc(C(=O)NC3(C(=O)NC4(c5cccc(C(=O)NCCC(N)=O)n5)CC4)CC3)n21. The summed E-state index contributed by atoms with van der Waals surface area (Å²) in [7, 11) is 0. The first-order chi connectivity index (χ1) is 25.3. The number of hydrogen-bond donors (Lipinski definition) is 4. The molecule has 5 amide bonds. The highest BCUT2D eigenvalue weighted by molar-refractivity contribution is 6.35. The Kier molecular flexibility index (Phi) is 8.95. The number of nitrogens with one attached hydrogen (secondary N) is 3. The minimum atomic E-state index is -1.36. The van der Waals surface area contributed by atoms with Gasteiger partial charge in [0.2, 0.25) is 17.8 Å². The van der Waals surface area contributed by atoms with Crippen molar-refractivity contribution in [3.8, 4) is 6.07 Å². The molecule has 270 valence electrons. The number of carbonyl (C=O) groups excluding carboxylic acids is 5. The molecule has 3 aliphatic rings. The maximum atomic E-state index is 14.4. The van der Waals surface area contributed by atoms with Crippen LogP contribution in [0.5, 0.6) is 0 Å². The van der Waals surface area contributed by atoms with Gasteiger partial charge in [0.25, 0.3) is 17.7 Å². The molecule has 53 heavy (non-hydrogen) atoms. The molecule has 14 nitrogen and oxygen atoms in total. The average molecular weight is 755 g/mol. The molecule has 2 aromatic carbocycles. The predicted octanol–water partition coefficient (Wildman–Crippen LogP) is 3.77. The van der Waals surface area contributed by atoms with E-state index >= 15 is 0 Å². The fourth-order valence-corrected chi connectivity index (χ4v) is 7.18. The Balaban J connectivity index is 1.14. The Bertz CT molecular complexity index is 2220. The zero-order valence-electron chi connectivity index (χ0n) is 28.4. The number of pyridine rings is 1. The van der Waals surface area contributed by atoms with Crippen LogP contribution in [0, 0.1) is 11.3 Å². The number of carbonyl (C=O) groups is 5. The first-order valence-electron chi connectivity index (χ1n) is 16.8. The third-order valence-electron chi connectivity index (χ3n) is 9.84. The summed E-state index contributed by atoms with van der Waals surface area (Å²) >= 11 is 12.6. The first kappa shape index (κ1) is 35.6. The van der Waals surface area contributed by atoms with E-state index < -0.39 is 40.2 Å². The molecule has 16 heteroatoms. The second-order valence-electron chi connectivity index (χ2n) is 13.8. The van der Waals surface area contributed by atoms with Gasteiger partial charge >= 0.3 is 0 Å². The summed E-state index contributed by atoms with van der Waals surface area (Å²) in [5.41, 5.74) is 4.03. The smallest absolute Gasteiger partial charge is 0.270 e. The van der Waals surface area contributed by atoms with Crippen molar-refractivity contribution in [1.82, 2.24) is 30.5 Å². The number of halogens is 2. The zero-order chi connectivity index (χ0) is 37.7. The molecule has 2 aliphatic carbocycles. The molecule has 4 aromatic rings. The fourth-order valence-electron chi connectivity index (χ4n) is 6.66. The molecule has 7 rings (SSSR count). The first-order valence-corrected chi connectivity index (χ1v) is 17.6. The van der Waals surface area contributed by atoms with Crippen LogP contribution in [0.4, 0.5) is 11.6 Å². The van der Waals surface area contributed by atoms with Gasteiger partial charge in [-0.2, -0.15) is 5.26 Å². The average Bonchev–Trinajstić information content (AvgIpc) is 4.03. The number of imidazole rings is 1. The van der Waals surface area contributed by atoms with Crippen molar-refractivity contribution >= 4 is 64.4 Å². The van der Waals surface area contributed by atoms with Crippen LogP contribution in [0.1, 0.15) is 76.8 Å². The van der Waals surface area contributed by atoms with Crippen LogP contribution in [0.25, 0.3) is 0 Å². The topological polar surface area (TPSA) is 205 Å². The minimum absolute atomic E-state index is 0.0109. The molecule has 1 aliphatic heterocycles. The lowest BCUT2D eigenvalue weighted by molar-refractivity contribution is -0.125. The molecule has 3 heterocycles. The molecule has 0 saturated heterocycles. The van der Waals surface area contributed by atoms with Crippen molar-refractivity contribution in [2.24, 2.45) is 5.73 Å². The van der Waals surface area contributed by atoms with Gasteiger partial charge in [0.1, 0.15) is 22.5 Å². The van der Waals surface area contributed by atoms with E-state index in [2.05, 4.69) is 32.0 Å². The summed E-state index contributed by atoms with van der Waals surface area (Å²) in [5.74, 6) is -2.22. The van der Waals surface area contributed by atoms with Gasteiger partial charge in [-0.05, 0) is 80.6 Å². The molecule has 1 atom stereocenters. The van der Waals surface area contributed by atoms with Gasteiger partial charge in [-0.15, -0.1) is 0 Å². The molecule has 2 aromatic heterocycles. The number of rotatable bonds is 12. The van der Waals surface area contributed by atoms with E-state index in [1.54, 1.807) is 66.1 Å². The standard InChI is InChI=1S/C37H33Cl2N9O5/c1-35(18-21-5-7-22(19-40)8-6-21)33(53)47(25-16-23(38)15-24(39)17-25)34-43-20-27(48(34)35)31(51)45-37(12-13-37)32(52)46-36(10-11-36)28-4-2-3-26(44-28)30(50)42-14-9-29(41)49/h2-8,15-17,20H,9-14,18H2,1H3,(H2,41,49)(H,42,50)(H,45,51)(H,46,52)/t35-/m1/s1. The highest BCUT2D eigenvalue weighted by Gasteiger charge is 2.57. The summed E-state index contributed by atoms with van der Waals surface area (Å²) in [5, 5.41) is 18.5. The Hall–Kier alpha value is -5.78. The van der Waals surface area contributed by atoms with Crippen LogP contribution < -0.4 is 26.6 Å². The van der Waals surface area contributed by atoms with E-state index in [9.17, 15) is 29.2 Å². The number of amides is 5. The summed E-state index contributed by atoms with van der Waals surface area (Å²) in [4.78, 5) is 76.5. The van der Waals surface area contributed by atoms with E-state index in [4.69, 9.17) is 28.9 Å². The van der Waals surface area contributed by atoms with Crippen LogP contribution in [0.2, 0.25) is 10.0 Å². The zero-order valence-corrected chi connectivity index (χ0v) is 29.9. The van der Waals surface area contributed by atoms with E-state index in [1.165, 1.54) is 17.2 Å². The summed E-state index contributed by atoms with van der Waals surface area (Å²) in [6.45, 7) is 1.78. The predicted molar refractivity (Wildman–Crippen MR) is 193 cm³/mol. The second kappa shape index (κ2) is 13.3. The third kappa shape index (κ3) is 6.69. The van der Waals surface area contributed by atoms with Crippen molar-refractivity contribution in [2.75, 3.05) is 11.4 Å². The molecular formula is C37H33Cl2N9O5. The lowest BCUT2D eigenvalue weighted by atomic mass is 9.91. The van der Waals surface area contributed by atoms with Crippen LogP contribution in [0.3, 0.4) is 0 Å². The molecule has 0 radical (unpaired) electrons. The Morgan fingerprint density at radius 1 is 0.962 bits per heavy atom. The van der Waals surface area contributed by atoms with Gasteiger partial charge < -0.3 is 21.7 Å². The number of fused-ring (bicyclic) bond motifs is 1. The van der Waals surface area contributed by atoms with Crippen LogP contribution >= 0.6 is 23.2 Å². The Morgan fingerprint density at radius 2 is 1.66 bits per heavy atom. The lowest BCUT2D eigenvalue weighted by Crippen LogP contribution is -2.52. The van der Waals surface area contributed by atoms with Crippen molar-refractivity contribution in [2.45, 2.75) is 62.1 Å². The highest BCUT2D eigenvalue weighted by atomic mass is 35.5. The highest BCUT2D eigenvalue weighted by Crippen LogP contribution is 2.47. The number of anilines is 2. The summed E-state index contributed by atoms with van der Waals surface area (Å²) < 4.78 is 1.57. The van der Waals surface area contributed by atoms with E-state index in [-0.39, 0.29) is 42.6 Å². The largest absolute Gasteiger partial charge is 0.370 e. The van der Waals surface area contributed by atoms with E-state index in [1.807, 2.05) is 0 Å². The number of aromatic nitrogens is 3. The maximum absolute atomic E-state index is 14.4. The van der Waals surface area contributed by atoms with Crippen molar-refractivity contribution in [3.63, 3.8) is 0 Å². The maximum Gasteiger partial charge on any atom is 0.270 e. The van der Waals surface area contributed by atoms with Gasteiger partial charge in [-0.3, -0.25) is 28.5 Å². The van der Waals surface area contributed by atoms with Gasteiger partial charge in [0.05, 0.1) is 34.7 Å². The number of hydrogen-bond acceptors (Lipinski definition) is 8. The molecule has 0 spiro atoms. The molecule has 2 saturated carbocycles. The summed E-state index contributed by atoms with van der Waals surface area (Å²) in [6.07, 6.45) is 3.43. The molecule has 2 fully saturated rings. The van der Waals surface area contributed by atoms with Crippen molar-refractivity contribution in [3.05, 3.63) is 105 Å². The third-order valence-corrected chi connectivity index (χ3v) is 10.3. The molecule has 0 unspecified atom stereocenters. The molecule has 5 N–H and O–H groups in total. The van der Waals surface area contributed by atoms with Gasteiger partial charge in [-0.25, -0.2) is 14.9 Å². The molecule has 0 bridgehead atoms. The van der Waals surface area contributed by atoms with Crippen molar-refractivity contribution in [1.29, 1.82) is 5.26 Å². The van der Waals surface area contributed by atoms with E-state index in [0.717, 1.165) is 5.56 Å². The normalized spacial score (nSPS) is 18.8. The van der Waals surface area contributed by atoms with Crippen LogP contribution in [-0.4, -0.2) is 56.2 Å².